The fraction of sp³-hybridized carbons (Fsp3) is 0.412. The Hall–Kier alpha value is -3.08. The van der Waals surface area contributed by atoms with E-state index < -0.39 is 22.7 Å². The van der Waals surface area contributed by atoms with E-state index in [1.165, 1.54) is 17.8 Å². The van der Waals surface area contributed by atoms with Gasteiger partial charge in [-0.3, -0.25) is 24.4 Å². The van der Waals surface area contributed by atoms with E-state index in [0.717, 1.165) is 17.5 Å². The number of thiophene rings is 1. The number of hydrogen-bond donors (Lipinski definition) is 1. The third-order valence-corrected chi connectivity index (χ3v) is 5.23. The van der Waals surface area contributed by atoms with E-state index in [0.29, 0.717) is 10.4 Å². The number of nitrogens with zero attached hydrogens (tertiary/aromatic N) is 3. The molecular formula is C17H20N4O6S. The van der Waals surface area contributed by atoms with Gasteiger partial charge in [0, 0.05) is 0 Å². The highest BCUT2D eigenvalue weighted by atomic mass is 32.1. The van der Waals surface area contributed by atoms with E-state index in [4.69, 9.17) is 4.74 Å². The van der Waals surface area contributed by atoms with Gasteiger partial charge in [-0.1, -0.05) is 6.92 Å². The fourth-order valence-corrected chi connectivity index (χ4v) is 3.62. The second-order valence-electron chi connectivity index (χ2n) is 6.10. The molecule has 0 aliphatic rings. The summed E-state index contributed by atoms with van der Waals surface area (Å²) in [4.78, 5) is 47.2. The van der Waals surface area contributed by atoms with Gasteiger partial charge in [-0.25, -0.2) is 4.79 Å². The second kappa shape index (κ2) is 8.74. The van der Waals surface area contributed by atoms with Crippen molar-refractivity contribution in [1.82, 2.24) is 9.78 Å². The van der Waals surface area contributed by atoms with E-state index in [9.17, 15) is 24.5 Å². The number of amides is 1. The molecule has 2 aromatic rings. The van der Waals surface area contributed by atoms with Gasteiger partial charge in [0.2, 0.25) is 5.91 Å². The summed E-state index contributed by atoms with van der Waals surface area (Å²) in [7, 11) is 0. The summed E-state index contributed by atoms with van der Waals surface area (Å²) >= 11 is 1.01. The van der Waals surface area contributed by atoms with Crippen LogP contribution in [0.15, 0.2) is 12.4 Å². The van der Waals surface area contributed by atoms with E-state index in [1.807, 2.05) is 0 Å². The van der Waals surface area contributed by atoms with Gasteiger partial charge in [0.15, 0.2) is 5.78 Å². The molecule has 28 heavy (non-hydrogen) atoms. The summed E-state index contributed by atoms with van der Waals surface area (Å²) < 4.78 is 6.33. The van der Waals surface area contributed by atoms with Gasteiger partial charge in [0.1, 0.15) is 17.4 Å². The van der Waals surface area contributed by atoms with Crippen molar-refractivity contribution in [3.8, 4) is 0 Å². The number of aromatic nitrogens is 2. The molecule has 2 rings (SSSR count). The molecule has 0 radical (unpaired) electrons. The van der Waals surface area contributed by atoms with E-state index in [1.54, 1.807) is 20.8 Å². The van der Waals surface area contributed by atoms with Crippen molar-refractivity contribution in [2.45, 2.75) is 34.2 Å². The predicted octanol–water partition coefficient (Wildman–Crippen LogP) is 2.82. The number of rotatable bonds is 8. The van der Waals surface area contributed by atoms with Crippen molar-refractivity contribution in [2.75, 3.05) is 11.9 Å². The average Bonchev–Trinajstić information content (AvgIpc) is 3.19. The molecule has 2 aromatic heterocycles. The minimum Gasteiger partial charge on any atom is -0.462 e. The molecular weight excluding hydrogens is 388 g/mol. The first-order valence-corrected chi connectivity index (χ1v) is 9.26. The molecule has 2 heterocycles. The van der Waals surface area contributed by atoms with E-state index >= 15 is 0 Å². The summed E-state index contributed by atoms with van der Waals surface area (Å²) in [6.45, 7) is 6.56. The summed E-state index contributed by atoms with van der Waals surface area (Å²) in [5.41, 5.74) is 0.450. The van der Waals surface area contributed by atoms with Crippen LogP contribution in [0.5, 0.6) is 0 Å². The SMILES string of the molecule is CCOC(=O)c1c(NC(=O)C(C)Cn2cc([N+](=O)[O-])cn2)sc(C(C)=O)c1C. The quantitative estimate of drug-likeness (QED) is 0.307. The predicted molar refractivity (Wildman–Crippen MR) is 102 cm³/mol. The molecule has 1 atom stereocenters. The average molecular weight is 408 g/mol. The molecule has 11 heteroatoms. The Kier molecular flexibility index (Phi) is 6.62. The number of carbonyl (C=O) groups is 3. The maximum absolute atomic E-state index is 12.6. The molecule has 1 amide bonds. The van der Waals surface area contributed by atoms with Crippen LogP contribution in [0.3, 0.4) is 0 Å². The maximum Gasteiger partial charge on any atom is 0.341 e. The highest BCUT2D eigenvalue weighted by Gasteiger charge is 2.26. The molecule has 1 N–H and O–H groups in total. The van der Waals surface area contributed by atoms with Gasteiger partial charge in [-0.2, -0.15) is 5.10 Å². The largest absolute Gasteiger partial charge is 0.462 e. The number of Topliss-reactive ketones (excluding diaryl/α,β-unsaturated/α-hetero) is 1. The van der Waals surface area contributed by atoms with Gasteiger partial charge in [0.25, 0.3) is 0 Å². The van der Waals surface area contributed by atoms with Crippen molar-refractivity contribution in [3.63, 3.8) is 0 Å². The number of anilines is 1. The zero-order valence-corrected chi connectivity index (χ0v) is 16.7. The highest BCUT2D eigenvalue weighted by Crippen LogP contribution is 2.34. The molecule has 0 saturated heterocycles. The number of hydrogen-bond acceptors (Lipinski definition) is 8. The first kappa shape index (κ1) is 21.2. The van der Waals surface area contributed by atoms with Crippen molar-refractivity contribution in [1.29, 1.82) is 0 Å². The highest BCUT2D eigenvalue weighted by molar-refractivity contribution is 7.18. The zero-order valence-electron chi connectivity index (χ0n) is 15.8. The number of carbonyl (C=O) groups excluding carboxylic acids is 3. The minimum absolute atomic E-state index is 0.109. The van der Waals surface area contributed by atoms with Crippen LogP contribution >= 0.6 is 11.3 Å². The van der Waals surface area contributed by atoms with Crippen LogP contribution in [-0.4, -0.2) is 39.0 Å². The molecule has 0 fully saturated rings. The fourth-order valence-electron chi connectivity index (χ4n) is 2.53. The van der Waals surface area contributed by atoms with E-state index in [-0.39, 0.29) is 35.2 Å². The van der Waals surface area contributed by atoms with Crippen LogP contribution < -0.4 is 5.32 Å². The number of ether oxygens (including phenoxy) is 1. The number of nitrogens with one attached hydrogen (secondary N) is 1. The monoisotopic (exact) mass is 408 g/mol. The van der Waals surface area contributed by atoms with Crippen LogP contribution in [0, 0.1) is 23.0 Å². The van der Waals surface area contributed by atoms with Crippen LogP contribution in [0.1, 0.15) is 46.4 Å². The molecule has 0 aliphatic carbocycles. The van der Waals surface area contributed by atoms with Crippen molar-refractivity contribution >= 4 is 39.7 Å². The summed E-state index contributed by atoms with van der Waals surface area (Å²) in [6.07, 6.45) is 2.34. The maximum atomic E-state index is 12.6. The Labute approximate surface area is 164 Å². The third-order valence-electron chi connectivity index (χ3n) is 3.92. The van der Waals surface area contributed by atoms with E-state index in [2.05, 4.69) is 10.4 Å². The van der Waals surface area contributed by atoms with Gasteiger partial charge >= 0.3 is 11.7 Å². The lowest BCUT2D eigenvalue weighted by Crippen LogP contribution is -2.25. The topological polar surface area (TPSA) is 133 Å². The molecule has 10 nitrogen and oxygen atoms in total. The summed E-state index contributed by atoms with van der Waals surface area (Å²) in [5.74, 6) is -1.85. The van der Waals surface area contributed by atoms with Crippen molar-refractivity contribution in [3.05, 3.63) is 38.5 Å². The summed E-state index contributed by atoms with van der Waals surface area (Å²) in [5, 5.41) is 17.5. The molecule has 0 aliphatic heterocycles. The Morgan fingerprint density at radius 3 is 2.64 bits per heavy atom. The standard InChI is InChI=1S/C17H20N4O6S/c1-5-27-17(24)13-10(3)14(11(4)22)28-16(13)19-15(23)9(2)7-20-8-12(6-18-20)21(25)26/h6,8-9H,5,7H2,1-4H3,(H,19,23). The van der Waals surface area contributed by atoms with Crippen LogP contribution in [0.25, 0.3) is 0 Å². The second-order valence-corrected chi connectivity index (χ2v) is 7.13. The lowest BCUT2D eigenvalue weighted by atomic mass is 10.1. The van der Waals surface area contributed by atoms with Crippen molar-refractivity contribution < 1.29 is 24.0 Å². The molecule has 1 unspecified atom stereocenters. The Morgan fingerprint density at radius 2 is 2.11 bits per heavy atom. The van der Waals surface area contributed by atoms with Crippen LogP contribution in [0.4, 0.5) is 10.7 Å². The first-order valence-electron chi connectivity index (χ1n) is 8.44. The van der Waals surface area contributed by atoms with Crippen LogP contribution in [-0.2, 0) is 16.1 Å². The Morgan fingerprint density at radius 1 is 1.43 bits per heavy atom. The van der Waals surface area contributed by atoms with Gasteiger partial charge < -0.3 is 10.1 Å². The lowest BCUT2D eigenvalue weighted by Gasteiger charge is -2.12. The number of nitro groups is 1. The zero-order chi connectivity index (χ0) is 21.0. The molecule has 0 saturated carbocycles. The molecule has 0 aromatic carbocycles. The summed E-state index contributed by atoms with van der Waals surface area (Å²) in [6, 6.07) is 0. The third kappa shape index (κ3) is 4.60. The Balaban J connectivity index is 2.21. The molecule has 150 valence electrons. The Bertz CT molecular complexity index is 932. The molecule has 0 spiro atoms. The number of ketones is 1. The van der Waals surface area contributed by atoms with Gasteiger partial charge in [-0.05, 0) is 26.3 Å². The van der Waals surface area contributed by atoms with Gasteiger partial charge in [0.05, 0.1) is 34.4 Å². The first-order chi connectivity index (χ1) is 13.1. The smallest absolute Gasteiger partial charge is 0.341 e. The molecule has 0 bridgehead atoms. The minimum atomic E-state index is -0.616. The van der Waals surface area contributed by atoms with Crippen LogP contribution in [0.2, 0.25) is 0 Å². The van der Waals surface area contributed by atoms with Crippen molar-refractivity contribution in [2.24, 2.45) is 5.92 Å². The normalized spacial score (nSPS) is 11.7. The number of esters is 1. The van der Waals surface area contributed by atoms with Gasteiger partial charge in [-0.15, -0.1) is 11.3 Å². The lowest BCUT2D eigenvalue weighted by molar-refractivity contribution is -0.385.